The van der Waals surface area contributed by atoms with Crippen LogP contribution in [0.2, 0.25) is 0 Å². The number of hydrogen-bond donors (Lipinski definition) is 1. The zero-order valence-corrected chi connectivity index (χ0v) is 13.0. The fraction of sp³-hybridized carbons (Fsp3) is 0.333. The quantitative estimate of drug-likeness (QED) is 0.881. The van der Waals surface area contributed by atoms with Gasteiger partial charge in [-0.1, -0.05) is 0 Å². The van der Waals surface area contributed by atoms with Gasteiger partial charge in [-0.25, -0.2) is 4.68 Å². The molecule has 7 heteroatoms. The van der Waals surface area contributed by atoms with Crippen LogP contribution in [0, 0.1) is 0 Å². The Bertz CT molecular complexity index is 702. The number of aromatic nitrogens is 2. The Morgan fingerprint density at radius 3 is 2.14 bits per heavy atom. The van der Waals surface area contributed by atoms with Crippen LogP contribution in [0.25, 0.3) is 0 Å². The van der Waals surface area contributed by atoms with Crippen LogP contribution in [-0.2, 0) is 7.05 Å². The zero-order valence-electron chi connectivity index (χ0n) is 13.0. The Labute approximate surface area is 128 Å². The summed E-state index contributed by atoms with van der Waals surface area (Å²) in [5.74, 6) is 1.65. The highest BCUT2D eigenvalue weighted by atomic mass is 16.5. The van der Waals surface area contributed by atoms with E-state index in [2.05, 4.69) is 5.10 Å². The molecule has 0 saturated heterocycles. The van der Waals surface area contributed by atoms with Crippen LogP contribution >= 0.6 is 0 Å². The number of ether oxygens (including phenoxy) is 3. The van der Waals surface area contributed by atoms with E-state index in [4.69, 9.17) is 19.9 Å². The van der Waals surface area contributed by atoms with Crippen molar-refractivity contribution in [2.24, 2.45) is 12.8 Å². The minimum atomic E-state index is -0.609. The molecule has 0 radical (unpaired) electrons. The van der Waals surface area contributed by atoms with Gasteiger partial charge in [-0.3, -0.25) is 4.79 Å². The Hall–Kier alpha value is -2.54. The summed E-state index contributed by atoms with van der Waals surface area (Å²) in [7, 11) is 6.21. The summed E-state index contributed by atoms with van der Waals surface area (Å²) in [5, 5.41) is 4.18. The summed E-state index contributed by atoms with van der Waals surface area (Å²) in [6, 6.07) is 5.85. The number of rotatable bonds is 5. The van der Waals surface area contributed by atoms with E-state index in [1.165, 1.54) is 10.7 Å². The molecule has 2 N–H and O–H groups in total. The average Bonchev–Trinajstić information content (AvgIpc) is 2.55. The van der Waals surface area contributed by atoms with Crippen LogP contribution in [-0.4, -0.2) is 31.1 Å². The largest absolute Gasteiger partial charge is 0.496 e. The highest BCUT2D eigenvalue weighted by Gasteiger charge is 2.22. The summed E-state index contributed by atoms with van der Waals surface area (Å²) in [5.41, 5.74) is 7.26. The predicted octanol–water partition coefficient (Wildman–Crippen LogP) is 0.854. The van der Waals surface area contributed by atoms with Gasteiger partial charge < -0.3 is 19.9 Å². The second-order valence-corrected chi connectivity index (χ2v) is 4.64. The molecule has 118 valence electrons. The summed E-state index contributed by atoms with van der Waals surface area (Å²) < 4.78 is 17.2. The molecule has 0 amide bonds. The first-order chi connectivity index (χ1) is 10.5. The van der Waals surface area contributed by atoms with Crippen molar-refractivity contribution in [2.45, 2.75) is 6.04 Å². The van der Waals surface area contributed by atoms with Gasteiger partial charge in [-0.2, -0.15) is 5.10 Å². The van der Waals surface area contributed by atoms with E-state index in [-0.39, 0.29) is 5.56 Å². The van der Waals surface area contributed by atoms with Crippen LogP contribution in [0.15, 0.2) is 29.1 Å². The predicted molar refractivity (Wildman–Crippen MR) is 81.6 cm³/mol. The van der Waals surface area contributed by atoms with Crippen molar-refractivity contribution in [3.05, 3.63) is 45.9 Å². The minimum absolute atomic E-state index is 0.204. The zero-order chi connectivity index (χ0) is 16.3. The third-order valence-corrected chi connectivity index (χ3v) is 3.36. The van der Waals surface area contributed by atoms with Crippen molar-refractivity contribution in [1.82, 2.24) is 9.78 Å². The second kappa shape index (κ2) is 6.48. The fourth-order valence-corrected chi connectivity index (χ4v) is 2.17. The van der Waals surface area contributed by atoms with Gasteiger partial charge >= 0.3 is 0 Å². The first kappa shape index (κ1) is 15.8. The first-order valence-corrected chi connectivity index (χ1v) is 6.61. The number of hydrogen-bond acceptors (Lipinski definition) is 6. The second-order valence-electron chi connectivity index (χ2n) is 4.64. The molecule has 1 atom stereocenters. The molecule has 0 saturated carbocycles. The van der Waals surface area contributed by atoms with Crippen molar-refractivity contribution in [3.8, 4) is 17.2 Å². The minimum Gasteiger partial charge on any atom is -0.496 e. The summed E-state index contributed by atoms with van der Waals surface area (Å²) in [6.45, 7) is 0. The van der Waals surface area contributed by atoms with Gasteiger partial charge in [-0.15, -0.1) is 0 Å². The SMILES string of the molecule is COc1cc(OC)c(C(N)c2ccc(=O)n(C)n2)c(OC)c1. The number of aryl methyl sites for hydroxylation is 1. The van der Waals surface area contributed by atoms with E-state index in [1.807, 2.05) is 0 Å². The molecule has 0 aliphatic rings. The van der Waals surface area contributed by atoms with Gasteiger partial charge in [0.2, 0.25) is 0 Å². The number of nitrogens with two attached hydrogens (primary N) is 1. The summed E-state index contributed by atoms with van der Waals surface area (Å²) >= 11 is 0. The van der Waals surface area contributed by atoms with E-state index in [0.717, 1.165) is 0 Å². The van der Waals surface area contributed by atoms with Crippen LogP contribution in [0.5, 0.6) is 17.2 Å². The standard InChI is InChI=1S/C15H19N3O4/c1-18-13(19)6-5-10(17-18)15(16)14-11(21-3)7-9(20-2)8-12(14)22-4/h5-8,15H,16H2,1-4H3. The maximum Gasteiger partial charge on any atom is 0.266 e. The molecule has 0 aliphatic carbocycles. The summed E-state index contributed by atoms with van der Waals surface area (Å²) in [6.07, 6.45) is 0. The highest BCUT2D eigenvalue weighted by molar-refractivity contribution is 5.54. The van der Waals surface area contributed by atoms with E-state index in [0.29, 0.717) is 28.5 Å². The van der Waals surface area contributed by atoms with Gasteiger partial charge in [0.25, 0.3) is 5.56 Å². The highest BCUT2D eigenvalue weighted by Crippen LogP contribution is 2.39. The monoisotopic (exact) mass is 305 g/mol. The molecule has 0 aliphatic heterocycles. The maximum atomic E-state index is 11.5. The number of nitrogens with zero attached hydrogens (tertiary/aromatic N) is 2. The van der Waals surface area contributed by atoms with E-state index in [1.54, 1.807) is 46.6 Å². The van der Waals surface area contributed by atoms with Crippen LogP contribution in [0.3, 0.4) is 0 Å². The first-order valence-electron chi connectivity index (χ1n) is 6.61. The molecule has 0 fully saturated rings. The van der Waals surface area contributed by atoms with Crippen LogP contribution < -0.4 is 25.5 Å². The average molecular weight is 305 g/mol. The van der Waals surface area contributed by atoms with E-state index < -0.39 is 6.04 Å². The lowest BCUT2D eigenvalue weighted by Crippen LogP contribution is -2.24. The molecule has 1 aromatic heterocycles. The molecule has 2 rings (SSSR count). The van der Waals surface area contributed by atoms with Gasteiger partial charge in [0.05, 0.1) is 38.6 Å². The normalized spacial score (nSPS) is 11.9. The molecule has 7 nitrogen and oxygen atoms in total. The van der Waals surface area contributed by atoms with Crippen molar-refractivity contribution < 1.29 is 14.2 Å². The van der Waals surface area contributed by atoms with Crippen molar-refractivity contribution in [2.75, 3.05) is 21.3 Å². The topological polar surface area (TPSA) is 88.6 Å². The van der Waals surface area contributed by atoms with Crippen molar-refractivity contribution >= 4 is 0 Å². The summed E-state index contributed by atoms with van der Waals surface area (Å²) in [4.78, 5) is 11.5. The third-order valence-electron chi connectivity index (χ3n) is 3.36. The molecule has 1 aromatic carbocycles. The van der Waals surface area contributed by atoms with Gasteiger partial charge in [0.15, 0.2) is 0 Å². The Kier molecular flexibility index (Phi) is 4.67. The molecule has 2 aromatic rings. The van der Waals surface area contributed by atoms with Crippen LogP contribution in [0.4, 0.5) is 0 Å². The molecule has 0 bridgehead atoms. The van der Waals surface area contributed by atoms with Crippen LogP contribution in [0.1, 0.15) is 17.3 Å². The molecule has 1 unspecified atom stereocenters. The lowest BCUT2D eigenvalue weighted by molar-refractivity contribution is 0.366. The Morgan fingerprint density at radius 1 is 1.09 bits per heavy atom. The molecule has 0 spiro atoms. The van der Waals surface area contributed by atoms with Gasteiger partial charge in [0, 0.05) is 25.2 Å². The van der Waals surface area contributed by atoms with Gasteiger partial charge in [-0.05, 0) is 6.07 Å². The van der Waals surface area contributed by atoms with Crippen molar-refractivity contribution in [3.63, 3.8) is 0 Å². The third kappa shape index (κ3) is 2.89. The molecule has 1 heterocycles. The molecular weight excluding hydrogens is 286 g/mol. The fourth-order valence-electron chi connectivity index (χ4n) is 2.17. The van der Waals surface area contributed by atoms with E-state index >= 15 is 0 Å². The molecule has 22 heavy (non-hydrogen) atoms. The smallest absolute Gasteiger partial charge is 0.266 e. The Balaban J connectivity index is 2.58. The lowest BCUT2D eigenvalue weighted by Gasteiger charge is -2.19. The maximum absolute atomic E-state index is 11.5. The molecular formula is C15H19N3O4. The van der Waals surface area contributed by atoms with E-state index in [9.17, 15) is 4.79 Å². The Morgan fingerprint density at radius 2 is 1.68 bits per heavy atom. The number of benzene rings is 1. The van der Waals surface area contributed by atoms with Crippen molar-refractivity contribution in [1.29, 1.82) is 0 Å². The number of methoxy groups -OCH3 is 3. The lowest BCUT2D eigenvalue weighted by atomic mass is 10.0. The van der Waals surface area contributed by atoms with Gasteiger partial charge in [0.1, 0.15) is 17.2 Å².